The largest absolute Gasteiger partial charge is 0.507 e. The summed E-state index contributed by atoms with van der Waals surface area (Å²) in [6, 6.07) is 3.43. The van der Waals surface area contributed by atoms with Gasteiger partial charge >= 0.3 is 0 Å². The molecule has 0 bridgehead atoms. The Morgan fingerprint density at radius 1 is 1.41 bits per heavy atom. The van der Waals surface area contributed by atoms with Crippen molar-refractivity contribution in [1.82, 2.24) is 5.32 Å². The lowest BCUT2D eigenvalue weighted by Gasteiger charge is -2.25. The van der Waals surface area contributed by atoms with Crippen LogP contribution in [-0.2, 0) is 0 Å². The Morgan fingerprint density at radius 3 is 2.65 bits per heavy atom. The number of benzene rings is 1. The molecule has 1 aliphatic rings. The lowest BCUT2D eigenvalue weighted by Crippen LogP contribution is -2.43. The lowest BCUT2D eigenvalue weighted by molar-refractivity contribution is 0.0905. The summed E-state index contributed by atoms with van der Waals surface area (Å²) in [7, 11) is 0. The monoisotopic (exact) mass is 237 g/mol. The summed E-state index contributed by atoms with van der Waals surface area (Å²) in [5, 5.41) is 12.4. The van der Waals surface area contributed by atoms with E-state index >= 15 is 0 Å². The molecule has 2 rings (SSSR count). The molecule has 1 fully saturated rings. The first-order chi connectivity index (χ1) is 8.00. The highest BCUT2D eigenvalue weighted by Crippen LogP contribution is 2.29. The van der Waals surface area contributed by atoms with Crippen LogP contribution in [0.2, 0.25) is 0 Å². The first-order valence-electron chi connectivity index (χ1n) is 5.81. The van der Waals surface area contributed by atoms with E-state index in [2.05, 4.69) is 5.32 Å². The summed E-state index contributed by atoms with van der Waals surface area (Å²) < 4.78 is 12.8. The topological polar surface area (TPSA) is 49.3 Å². The summed E-state index contributed by atoms with van der Waals surface area (Å²) in [6.45, 7) is 2.00. The average molecular weight is 237 g/mol. The summed E-state index contributed by atoms with van der Waals surface area (Å²) in [5.41, 5.74) is -0.0720. The maximum atomic E-state index is 12.8. The lowest BCUT2D eigenvalue weighted by atomic mass is 10.00. The molecule has 1 saturated carbocycles. The Bertz CT molecular complexity index is 439. The molecule has 92 valence electrons. The number of nitrogens with one attached hydrogen (secondary N) is 1. The number of hydrogen-bond acceptors (Lipinski definition) is 2. The smallest absolute Gasteiger partial charge is 0.255 e. The molecule has 2 N–H and O–H groups in total. The van der Waals surface area contributed by atoms with Gasteiger partial charge in [0.2, 0.25) is 0 Å². The number of aromatic hydroxyl groups is 1. The molecule has 1 amide bonds. The molecule has 1 aromatic rings. The predicted molar refractivity (Wildman–Crippen MR) is 62.4 cm³/mol. The van der Waals surface area contributed by atoms with E-state index in [1.165, 1.54) is 12.1 Å². The van der Waals surface area contributed by atoms with Crippen molar-refractivity contribution in [2.75, 3.05) is 0 Å². The van der Waals surface area contributed by atoms with Gasteiger partial charge in [-0.05, 0) is 31.9 Å². The number of rotatable bonds is 2. The SMILES string of the molecule is CC1(NC(=O)c2ccc(F)cc2O)CCCC1. The van der Waals surface area contributed by atoms with E-state index in [-0.39, 0.29) is 22.8 Å². The van der Waals surface area contributed by atoms with Crippen molar-refractivity contribution in [2.45, 2.75) is 38.1 Å². The van der Waals surface area contributed by atoms with Crippen molar-refractivity contribution in [3.63, 3.8) is 0 Å². The number of carbonyl (C=O) groups excluding carboxylic acids is 1. The highest BCUT2D eigenvalue weighted by atomic mass is 19.1. The second-order valence-corrected chi connectivity index (χ2v) is 4.88. The Kier molecular flexibility index (Phi) is 3.05. The standard InChI is InChI=1S/C13H16FNO2/c1-13(6-2-3-7-13)15-12(17)10-5-4-9(14)8-11(10)16/h4-5,8,16H,2-3,6-7H2,1H3,(H,15,17). The zero-order chi connectivity index (χ0) is 12.5. The third-order valence-corrected chi connectivity index (χ3v) is 3.33. The molecule has 0 heterocycles. The molecular weight excluding hydrogens is 221 g/mol. The van der Waals surface area contributed by atoms with Gasteiger partial charge in [-0.3, -0.25) is 4.79 Å². The maximum absolute atomic E-state index is 12.8. The Labute approximate surface area is 99.7 Å². The highest BCUT2D eigenvalue weighted by molar-refractivity contribution is 5.97. The molecule has 0 aliphatic heterocycles. The first-order valence-corrected chi connectivity index (χ1v) is 5.81. The minimum atomic E-state index is -0.550. The summed E-state index contributed by atoms with van der Waals surface area (Å²) >= 11 is 0. The number of phenols is 1. The van der Waals surface area contributed by atoms with Crippen LogP contribution in [0.4, 0.5) is 4.39 Å². The van der Waals surface area contributed by atoms with Crippen LogP contribution >= 0.6 is 0 Å². The fourth-order valence-corrected chi connectivity index (χ4v) is 2.32. The van der Waals surface area contributed by atoms with Gasteiger partial charge in [-0.1, -0.05) is 12.8 Å². The van der Waals surface area contributed by atoms with Crippen LogP contribution in [0, 0.1) is 5.82 Å². The van der Waals surface area contributed by atoms with Crippen molar-refractivity contribution in [2.24, 2.45) is 0 Å². The fraction of sp³-hybridized carbons (Fsp3) is 0.462. The molecular formula is C13H16FNO2. The van der Waals surface area contributed by atoms with Gasteiger partial charge in [0.25, 0.3) is 5.91 Å². The van der Waals surface area contributed by atoms with Crippen LogP contribution < -0.4 is 5.32 Å². The number of carbonyl (C=O) groups is 1. The number of amides is 1. The molecule has 4 heteroatoms. The van der Waals surface area contributed by atoms with Crippen molar-refractivity contribution in [3.05, 3.63) is 29.6 Å². The van der Waals surface area contributed by atoms with E-state index in [1.54, 1.807) is 0 Å². The first kappa shape index (κ1) is 11.9. The van der Waals surface area contributed by atoms with Gasteiger partial charge in [-0.15, -0.1) is 0 Å². The summed E-state index contributed by atoms with van der Waals surface area (Å²) in [5.74, 6) is -1.21. The van der Waals surface area contributed by atoms with Crippen molar-refractivity contribution < 1.29 is 14.3 Å². The molecule has 17 heavy (non-hydrogen) atoms. The molecule has 0 aromatic heterocycles. The zero-order valence-electron chi connectivity index (χ0n) is 9.79. The Balaban J connectivity index is 2.14. The van der Waals surface area contributed by atoms with Gasteiger partial charge < -0.3 is 10.4 Å². The molecule has 1 aliphatic carbocycles. The average Bonchev–Trinajstić information content (AvgIpc) is 2.64. The molecule has 0 radical (unpaired) electrons. The second-order valence-electron chi connectivity index (χ2n) is 4.88. The number of halogens is 1. The fourth-order valence-electron chi connectivity index (χ4n) is 2.32. The Morgan fingerprint density at radius 2 is 2.06 bits per heavy atom. The molecule has 0 unspecified atom stereocenters. The minimum absolute atomic E-state index is 0.125. The second kappa shape index (κ2) is 4.35. The van der Waals surface area contributed by atoms with Crippen molar-refractivity contribution in [1.29, 1.82) is 0 Å². The molecule has 3 nitrogen and oxygen atoms in total. The van der Waals surface area contributed by atoms with Gasteiger partial charge in [-0.25, -0.2) is 4.39 Å². The highest BCUT2D eigenvalue weighted by Gasteiger charge is 2.30. The van der Waals surface area contributed by atoms with E-state index < -0.39 is 5.82 Å². The van der Waals surface area contributed by atoms with Gasteiger partial charge in [0.1, 0.15) is 11.6 Å². The zero-order valence-corrected chi connectivity index (χ0v) is 9.79. The van der Waals surface area contributed by atoms with Gasteiger partial charge in [0, 0.05) is 11.6 Å². The van der Waals surface area contributed by atoms with Gasteiger partial charge in [0.15, 0.2) is 0 Å². The number of hydrogen-bond donors (Lipinski definition) is 2. The summed E-state index contributed by atoms with van der Waals surface area (Å²) in [6.07, 6.45) is 4.10. The maximum Gasteiger partial charge on any atom is 0.255 e. The van der Waals surface area contributed by atoms with Crippen LogP contribution in [0.1, 0.15) is 43.0 Å². The predicted octanol–water partition coefficient (Wildman–Crippen LogP) is 2.59. The van der Waals surface area contributed by atoms with E-state index in [1.807, 2.05) is 6.92 Å². The van der Waals surface area contributed by atoms with E-state index in [0.717, 1.165) is 31.7 Å². The van der Waals surface area contributed by atoms with Crippen molar-refractivity contribution >= 4 is 5.91 Å². The van der Waals surface area contributed by atoms with Crippen LogP contribution in [-0.4, -0.2) is 16.6 Å². The quantitative estimate of drug-likeness (QED) is 0.830. The normalized spacial score (nSPS) is 18.0. The van der Waals surface area contributed by atoms with Crippen LogP contribution in [0.15, 0.2) is 18.2 Å². The van der Waals surface area contributed by atoms with Crippen LogP contribution in [0.25, 0.3) is 0 Å². The molecule has 0 atom stereocenters. The van der Waals surface area contributed by atoms with Gasteiger partial charge in [-0.2, -0.15) is 0 Å². The van der Waals surface area contributed by atoms with E-state index in [0.29, 0.717) is 0 Å². The van der Waals surface area contributed by atoms with Crippen molar-refractivity contribution in [3.8, 4) is 5.75 Å². The van der Waals surface area contributed by atoms with E-state index in [4.69, 9.17) is 0 Å². The molecule has 1 aromatic carbocycles. The summed E-state index contributed by atoms with van der Waals surface area (Å²) in [4.78, 5) is 11.9. The number of phenolic OH excluding ortho intramolecular Hbond substituents is 1. The third kappa shape index (κ3) is 2.57. The molecule has 0 spiro atoms. The third-order valence-electron chi connectivity index (χ3n) is 3.33. The Hall–Kier alpha value is -1.58. The van der Waals surface area contributed by atoms with Gasteiger partial charge in [0.05, 0.1) is 5.56 Å². The minimum Gasteiger partial charge on any atom is -0.507 e. The van der Waals surface area contributed by atoms with E-state index in [9.17, 15) is 14.3 Å². The molecule has 0 saturated heterocycles. The van der Waals surface area contributed by atoms with Crippen LogP contribution in [0.3, 0.4) is 0 Å². The van der Waals surface area contributed by atoms with Crippen LogP contribution in [0.5, 0.6) is 5.75 Å².